The smallest absolute Gasteiger partial charge is 0.230 e. The molecule has 0 radical (unpaired) electrons. The molecule has 4 nitrogen and oxygen atoms in total. The van der Waals surface area contributed by atoms with Crippen molar-refractivity contribution in [1.29, 1.82) is 5.26 Å². The Morgan fingerprint density at radius 3 is 2.47 bits per heavy atom. The van der Waals surface area contributed by atoms with Gasteiger partial charge < -0.3 is 0 Å². The first-order chi connectivity index (χ1) is 8.64. The third-order valence-corrected chi connectivity index (χ3v) is 5.01. The highest BCUT2D eigenvalue weighted by molar-refractivity contribution is 7.92. The van der Waals surface area contributed by atoms with Crippen LogP contribution < -0.4 is 0 Å². The average Bonchev–Trinajstić information content (AvgIpc) is 2.35. The SMILES string of the molecule is CC(CCl)S(=O)(=O)c1nc(C(F)(F)F)ccc1C#N. The summed E-state index contributed by atoms with van der Waals surface area (Å²) in [6, 6.07) is 2.85. The zero-order valence-electron chi connectivity index (χ0n) is 9.57. The molecule has 1 rings (SSSR count). The molecule has 1 unspecified atom stereocenters. The topological polar surface area (TPSA) is 70.8 Å². The van der Waals surface area contributed by atoms with Gasteiger partial charge in [0.25, 0.3) is 0 Å². The van der Waals surface area contributed by atoms with Gasteiger partial charge in [-0.3, -0.25) is 0 Å². The summed E-state index contributed by atoms with van der Waals surface area (Å²) in [5, 5.41) is 6.73. The van der Waals surface area contributed by atoms with E-state index in [0.29, 0.717) is 6.07 Å². The van der Waals surface area contributed by atoms with Crippen LogP contribution in [-0.4, -0.2) is 24.5 Å². The van der Waals surface area contributed by atoms with Crippen LogP contribution in [0.4, 0.5) is 13.2 Å². The van der Waals surface area contributed by atoms with Gasteiger partial charge in [0.2, 0.25) is 9.84 Å². The summed E-state index contributed by atoms with van der Waals surface area (Å²) in [4.78, 5) is 3.06. The number of hydrogen-bond donors (Lipinski definition) is 0. The second-order valence-electron chi connectivity index (χ2n) is 3.67. The highest BCUT2D eigenvalue weighted by atomic mass is 35.5. The maximum absolute atomic E-state index is 12.5. The lowest BCUT2D eigenvalue weighted by Crippen LogP contribution is -2.23. The van der Waals surface area contributed by atoms with Crippen LogP contribution in [0.3, 0.4) is 0 Å². The van der Waals surface area contributed by atoms with Crippen molar-refractivity contribution in [3.8, 4) is 6.07 Å². The van der Waals surface area contributed by atoms with Crippen LogP contribution in [0.1, 0.15) is 18.2 Å². The van der Waals surface area contributed by atoms with Crippen LogP contribution in [0.2, 0.25) is 0 Å². The molecule has 9 heteroatoms. The van der Waals surface area contributed by atoms with Crippen LogP contribution in [0, 0.1) is 11.3 Å². The molecular formula is C10H8ClF3N2O2S. The standard InChI is InChI=1S/C10H8ClF3N2O2S/c1-6(4-11)19(17,18)9-7(5-15)2-3-8(16-9)10(12,13)14/h2-3,6H,4H2,1H3. The van der Waals surface area contributed by atoms with Gasteiger partial charge in [-0.2, -0.15) is 18.4 Å². The molecule has 19 heavy (non-hydrogen) atoms. The summed E-state index contributed by atoms with van der Waals surface area (Å²) in [5.74, 6) is -0.314. The minimum Gasteiger partial charge on any atom is -0.230 e. The second-order valence-corrected chi connectivity index (χ2v) is 6.26. The first kappa shape index (κ1) is 15.7. The van der Waals surface area contributed by atoms with Crippen LogP contribution >= 0.6 is 11.6 Å². The molecule has 0 fully saturated rings. The molecule has 0 amide bonds. The van der Waals surface area contributed by atoms with Gasteiger partial charge in [0, 0.05) is 5.88 Å². The molecule has 0 aromatic carbocycles. The van der Waals surface area contributed by atoms with Crippen molar-refractivity contribution in [2.75, 3.05) is 5.88 Å². The first-order valence-electron chi connectivity index (χ1n) is 4.92. The lowest BCUT2D eigenvalue weighted by molar-refractivity contribution is -0.141. The summed E-state index contributed by atoms with van der Waals surface area (Å²) >= 11 is 5.40. The number of aromatic nitrogens is 1. The van der Waals surface area contributed by atoms with E-state index in [1.54, 1.807) is 0 Å². The van der Waals surface area contributed by atoms with Crippen molar-refractivity contribution >= 4 is 21.4 Å². The molecule has 0 bridgehead atoms. The Labute approximate surface area is 112 Å². The molecule has 0 aliphatic rings. The lowest BCUT2D eigenvalue weighted by atomic mass is 10.2. The fraction of sp³-hybridized carbons (Fsp3) is 0.400. The van der Waals surface area contributed by atoms with E-state index in [2.05, 4.69) is 4.98 Å². The van der Waals surface area contributed by atoms with E-state index in [1.165, 1.54) is 13.0 Å². The van der Waals surface area contributed by atoms with Gasteiger partial charge in [0.05, 0.1) is 10.8 Å². The van der Waals surface area contributed by atoms with E-state index in [-0.39, 0.29) is 5.88 Å². The number of nitrogens with zero attached hydrogens (tertiary/aromatic N) is 2. The van der Waals surface area contributed by atoms with Gasteiger partial charge >= 0.3 is 6.18 Å². The third-order valence-electron chi connectivity index (χ3n) is 2.29. The monoisotopic (exact) mass is 312 g/mol. The van der Waals surface area contributed by atoms with E-state index in [0.717, 1.165) is 6.07 Å². The first-order valence-corrected chi connectivity index (χ1v) is 7.01. The second kappa shape index (κ2) is 5.35. The van der Waals surface area contributed by atoms with E-state index < -0.39 is 37.5 Å². The molecule has 0 saturated carbocycles. The van der Waals surface area contributed by atoms with Crippen molar-refractivity contribution in [2.45, 2.75) is 23.4 Å². The van der Waals surface area contributed by atoms with Crippen molar-refractivity contribution in [1.82, 2.24) is 4.98 Å². The van der Waals surface area contributed by atoms with Crippen molar-refractivity contribution in [3.63, 3.8) is 0 Å². The Morgan fingerprint density at radius 1 is 1.47 bits per heavy atom. The molecule has 1 aromatic rings. The number of halogens is 4. The van der Waals surface area contributed by atoms with Gasteiger partial charge in [-0.25, -0.2) is 13.4 Å². The highest BCUT2D eigenvalue weighted by Crippen LogP contribution is 2.30. The number of nitriles is 1. The van der Waals surface area contributed by atoms with E-state index >= 15 is 0 Å². The lowest BCUT2D eigenvalue weighted by Gasteiger charge is -2.12. The van der Waals surface area contributed by atoms with Crippen molar-refractivity contribution in [2.24, 2.45) is 0 Å². The number of hydrogen-bond acceptors (Lipinski definition) is 4. The number of sulfone groups is 1. The molecule has 0 N–H and O–H groups in total. The predicted octanol–water partition coefficient (Wildman–Crippen LogP) is 2.37. The van der Waals surface area contributed by atoms with Gasteiger partial charge in [-0.05, 0) is 19.1 Å². The zero-order chi connectivity index (χ0) is 14.8. The fourth-order valence-electron chi connectivity index (χ4n) is 1.17. The number of rotatable bonds is 3. The Bertz CT molecular complexity index is 623. The molecule has 0 spiro atoms. The van der Waals surface area contributed by atoms with Crippen LogP contribution in [0.5, 0.6) is 0 Å². The number of pyridine rings is 1. The average molecular weight is 313 g/mol. The molecular weight excluding hydrogens is 305 g/mol. The van der Waals surface area contributed by atoms with Gasteiger partial charge in [0.15, 0.2) is 5.03 Å². The summed E-state index contributed by atoms with van der Waals surface area (Å²) in [6.07, 6.45) is -4.79. The van der Waals surface area contributed by atoms with Crippen LogP contribution in [0.25, 0.3) is 0 Å². The maximum Gasteiger partial charge on any atom is 0.433 e. The summed E-state index contributed by atoms with van der Waals surface area (Å²) in [6.45, 7) is 1.23. The molecule has 0 aliphatic carbocycles. The summed E-state index contributed by atoms with van der Waals surface area (Å²) < 4.78 is 61.4. The van der Waals surface area contributed by atoms with Crippen LogP contribution in [0.15, 0.2) is 17.2 Å². The summed E-state index contributed by atoms with van der Waals surface area (Å²) in [7, 11) is -4.18. The third kappa shape index (κ3) is 3.16. The van der Waals surface area contributed by atoms with Gasteiger partial charge in [-0.1, -0.05) is 0 Å². The Hall–Kier alpha value is -1.33. The fourth-order valence-corrected chi connectivity index (χ4v) is 2.86. The minimum atomic E-state index is -4.79. The van der Waals surface area contributed by atoms with Gasteiger partial charge in [0.1, 0.15) is 11.8 Å². The van der Waals surface area contributed by atoms with Crippen LogP contribution in [-0.2, 0) is 16.0 Å². The Kier molecular flexibility index (Phi) is 4.43. The molecule has 0 aliphatic heterocycles. The Balaban J connectivity index is 3.54. The minimum absolute atomic E-state index is 0.314. The predicted molar refractivity (Wildman–Crippen MR) is 61.3 cm³/mol. The van der Waals surface area contributed by atoms with E-state index in [1.807, 2.05) is 0 Å². The largest absolute Gasteiger partial charge is 0.433 e. The van der Waals surface area contributed by atoms with Crippen molar-refractivity contribution in [3.05, 3.63) is 23.4 Å². The molecule has 1 heterocycles. The normalized spacial score (nSPS) is 13.9. The molecule has 1 aromatic heterocycles. The van der Waals surface area contributed by atoms with E-state index in [9.17, 15) is 21.6 Å². The highest BCUT2D eigenvalue weighted by Gasteiger charge is 2.36. The zero-order valence-corrected chi connectivity index (χ0v) is 11.1. The molecule has 1 atom stereocenters. The Morgan fingerprint density at radius 2 is 2.05 bits per heavy atom. The number of alkyl halides is 4. The molecule has 104 valence electrons. The van der Waals surface area contributed by atoms with Gasteiger partial charge in [-0.15, -0.1) is 11.6 Å². The maximum atomic E-state index is 12.5. The van der Waals surface area contributed by atoms with E-state index in [4.69, 9.17) is 16.9 Å². The molecule has 0 saturated heterocycles. The quantitative estimate of drug-likeness (QED) is 0.803. The summed E-state index contributed by atoms with van der Waals surface area (Å²) in [5.41, 5.74) is -1.81. The van der Waals surface area contributed by atoms with Crippen molar-refractivity contribution < 1.29 is 21.6 Å².